The first-order valence-corrected chi connectivity index (χ1v) is 6.42. The van der Waals surface area contributed by atoms with E-state index < -0.39 is 0 Å². The minimum absolute atomic E-state index is 0.228. The summed E-state index contributed by atoms with van der Waals surface area (Å²) in [5, 5.41) is 3.45. The van der Waals surface area contributed by atoms with Gasteiger partial charge in [-0.2, -0.15) is 0 Å². The van der Waals surface area contributed by atoms with Crippen LogP contribution in [-0.2, 0) is 0 Å². The summed E-state index contributed by atoms with van der Waals surface area (Å²) in [6.45, 7) is 5.16. The van der Waals surface area contributed by atoms with Crippen molar-refractivity contribution in [1.82, 2.24) is 0 Å². The molecule has 0 aliphatic carbocycles. The second-order valence-corrected chi connectivity index (χ2v) is 5.06. The molecule has 0 spiro atoms. The third-order valence-electron chi connectivity index (χ3n) is 2.23. The maximum atomic E-state index is 5.79. The summed E-state index contributed by atoms with van der Waals surface area (Å²) in [4.78, 5) is 1.31. The summed E-state index contributed by atoms with van der Waals surface area (Å²) >= 11 is 1.91. The zero-order valence-electron chi connectivity index (χ0n) is 9.25. The molecule has 2 rings (SSSR count). The molecule has 1 aliphatic heterocycles. The SMILES string of the molecule is CC(C)Oc1cccc2c1NCCCS2. The van der Waals surface area contributed by atoms with Gasteiger partial charge >= 0.3 is 0 Å². The van der Waals surface area contributed by atoms with E-state index in [0.717, 1.165) is 12.3 Å². The highest BCUT2D eigenvalue weighted by molar-refractivity contribution is 7.99. The van der Waals surface area contributed by atoms with Crippen molar-refractivity contribution in [3.63, 3.8) is 0 Å². The fourth-order valence-electron chi connectivity index (χ4n) is 1.63. The molecule has 0 fully saturated rings. The molecule has 0 bridgehead atoms. The van der Waals surface area contributed by atoms with Gasteiger partial charge in [-0.15, -0.1) is 11.8 Å². The second-order valence-electron chi connectivity index (χ2n) is 3.92. The summed E-state index contributed by atoms with van der Waals surface area (Å²) < 4.78 is 5.79. The standard InChI is InChI=1S/C12H17NOS/c1-9(2)14-10-5-3-6-11-12(10)13-7-4-8-15-11/h3,5-6,9,13H,4,7-8H2,1-2H3. The molecule has 82 valence electrons. The van der Waals surface area contributed by atoms with Gasteiger partial charge in [-0.1, -0.05) is 6.07 Å². The molecule has 1 aromatic carbocycles. The third-order valence-corrected chi connectivity index (χ3v) is 3.38. The maximum absolute atomic E-state index is 5.79. The van der Waals surface area contributed by atoms with Gasteiger partial charge in [-0.05, 0) is 38.2 Å². The number of ether oxygens (including phenoxy) is 1. The van der Waals surface area contributed by atoms with E-state index in [2.05, 4.69) is 31.3 Å². The molecule has 1 N–H and O–H groups in total. The van der Waals surface area contributed by atoms with Gasteiger partial charge in [-0.25, -0.2) is 0 Å². The Morgan fingerprint density at radius 2 is 2.27 bits per heavy atom. The van der Waals surface area contributed by atoms with Gasteiger partial charge in [0, 0.05) is 11.4 Å². The van der Waals surface area contributed by atoms with E-state index in [1.165, 1.54) is 22.8 Å². The average Bonchev–Trinajstić information content (AvgIpc) is 2.42. The van der Waals surface area contributed by atoms with E-state index >= 15 is 0 Å². The van der Waals surface area contributed by atoms with Crippen LogP contribution in [0.15, 0.2) is 23.1 Å². The number of benzene rings is 1. The van der Waals surface area contributed by atoms with Gasteiger partial charge in [-0.3, -0.25) is 0 Å². The van der Waals surface area contributed by atoms with Crippen LogP contribution in [0.4, 0.5) is 5.69 Å². The normalized spacial score (nSPS) is 15.4. The lowest BCUT2D eigenvalue weighted by Gasteiger charge is -2.16. The lowest BCUT2D eigenvalue weighted by Crippen LogP contribution is -2.09. The summed E-state index contributed by atoms with van der Waals surface area (Å²) in [5.74, 6) is 2.17. The highest BCUT2D eigenvalue weighted by atomic mass is 32.2. The Morgan fingerprint density at radius 3 is 3.07 bits per heavy atom. The first-order valence-electron chi connectivity index (χ1n) is 5.43. The number of hydrogen-bond acceptors (Lipinski definition) is 3. The molecule has 3 heteroatoms. The molecule has 0 saturated carbocycles. The van der Waals surface area contributed by atoms with Crippen molar-refractivity contribution in [1.29, 1.82) is 0 Å². The number of anilines is 1. The Kier molecular flexibility index (Phi) is 3.41. The van der Waals surface area contributed by atoms with Crippen LogP contribution < -0.4 is 10.1 Å². The first-order chi connectivity index (χ1) is 7.27. The van der Waals surface area contributed by atoms with Crippen molar-refractivity contribution >= 4 is 17.4 Å². The predicted octanol–water partition coefficient (Wildman–Crippen LogP) is 3.38. The molecule has 1 aliphatic rings. The van der Waals surface area contributed by atoms with Crippen molar-refractivity contribution in [2.75, 3.05) is 17.6 Å². The molecule has 0 radical (unpaired) electrons. The Morgan fingerprint density at radius 1 is 1.40 bits per heavy atom. The summed E-state index contributed by atoms with van der Waals surface area (Å²) in [7, 11) is 0. The van der Waals surface area contributed by atoms with E-state index in [1.807, 2.05) is 17.8 Å². The first kappa shape index (κ1) is 10.7. The lowest BCUT2D eigenvalue weighted by molar-refractivity contribution is 0.243. The predicted molar refractivity (Wildman–Crippen MR) is 66.0 cm³/mol. The molecule has 0 saturated heterocycles. The summed E-state index contributed by atoms with van der Waals surface area (Å²) in [6, 6.07) is 6.26. The number of hydrogen-bond donors (Lipinski definition) is 1. The van der Waals surface area contributed by atoms with Crippen molar-refractivity contribution in [3.05, 3.63) is 18.2 Å². The minimum Gasteiger partial charge on any atom is -0.489 e. The fraction of sp³-hybridized carbons (Fsp3) is 0.500. The molecule has 0 unspecified atom stereocenters. The number of nitrogens with one attached hydrogen (secondary N) is 1. The van der Waals surface area contributed by atoms with Gasteiger partial charge in [0.2, 0.25) is 0 Å². The van der Waals surface area contributed by atoms with E-state index in [1.54, 1.807) is 0 Å². The van der Waals surface area contributed by atoms with Crippen LogP contribution in [0.25, 0.3) is 0 Å². The van der Waals surface area contributed by atoms with Gasteiger partial charge in [0.1, 0.15) is 5.75 Å². The third kappa shape index (κ3) is 2.59. The smallest absolute Gasteiger partial charge is 0.143 e. The van der Waals surface area contributed by atoms with E-state index in [4.69, 9.17) is 4.74 Å². The maximum Gasteiger partial charge on any atom is 0.143 e. The molecule has 2 nitrogen and oxygen atoms in total. The largest absolute Gasteiger partial charge is 0.489 e. The fourth-order valence-corrected chi connectivity index (χ4v) is 2.63. The number of para-hydroxylation sites is 1. The van der Waals surface area contributed by atoms with Crippen LogP contribution in [0.2, 0.25) is 0 Å². The van der Waals surface area contributed by atoms with Crippen LogP contribution in [-0.4, -0.2) is 18.4 Å². The highest BCUT2D eigenvalue weighted by Crippen LogP contribution is 2.37. The van der Waals surface area contributed by atoms with Crippen LogP contribution in [0, 0.1) is 0 Å². The van der Waals surface area contributed by atoms with Gasteiger partial charge in [0.15, 0.2) is 0 Å². The highest BCUT2D eigenvalue weighted by Gasteiger charge is 2.13. The molecule has 0 amide bonds. The molecule has 1 aromatic rings. The Bertz CT molecular complexity index is 338. The number of thioether (sulfide) groups is 1. The zero-order valence-corrected chi connectivity index (χ0v) is 10.1. The van der Waals surface area contributed by atoms with Crippen molar-refractivity contribution < 1.29 is 4.74 Å². The number of rotatable bonds is 2. The van der Waals surface area contributed by atoms with E-state index in [9.17, 15) is 0 Å². The van der Waals surface area contributed by atoms with Crippen molar-refractivity contribution in [2.45, 2.75) is 31.3 Å². The van der Waals surface area contributed by atoms with Crippen molar-refractivity contribution in [2.24, 2.45) is 0 Å². The molecule has 1 heterocycles. The molecular formula is C12H17NOS. The molecule has 15 heavy (non-hydrogen) atoms. The van der Waals surface area contributed by atoms with E-state index in [-0.39, 0.29) is 6.10 Å². The topological polar surface area (TPSA) is 21.3 Å². The van der Waals surface area contributed by atoms with Crippen LogP contribution in [0.5, 0.6) is 5.75 Å². The monoisotopic (exact) mass is 223 g/mol. The van der Waals surface area contributed by atoms with Crippen LogP contribution in [0.1, 0.15) is 20.3 Å². The Hall–Kier alpha value is -0.830. The Labute approximate surface area is 95.4 Å². The molecular weight excluding hydrogens is 206 g/mol. The molecule has 0 aromatic heterocycles. The Balaban J connectivity index is 2.30. The average molecular weight is 223 g/mol. The minimum atomic E-state index is 0.228. The lowest BCUT2D eigenvalue weighted by atomic mass is 10.2. The quantitative estimate of drug-likeness (QED) is 0.830. The van der Waals surface area contributed by atoms with Crippen LogP contribution >= 0.6 is 11.8 Å². The number of fused-ring (bicyclic) bond motifs is 1. The zero-order chi connectivity index (χ0) is 10.7. The van der Waals surface area contributed by atoms with Gasteiger partial charge < -0.3 is 10.1 Å². The summed E-state index contributed by atoms with van der Waals surface area (Å²) in [6.07, 6.45) is 1.44. The van der Waals surface area contributed by atoms with Gasteiger partial charge in [0.05, 0.1) is 11.8 Å². The van der Waals surface area contributed by atoms with Gasteiger partial charge in [0.25, 0.3) is 0 Å². The van der Waals surface area contributed by atoms with Crippen LogP contribution in [0.3, 0.4) is 0 Å². The van der Waals surface area contributed by atoms with Crippen molar-refractivity contribution in [3.8, 4) is 5.75 Å². The summed E-state index contributed by atoms with van der Waals surface area (Å²) in [5.41, 5.74) is 1.17. The van der Waals surface area contributed by atoms with E-state index in [0.29, 0.717) is 0 Å². The second kappa shape index (κ2) is 4.79. The molecule has 0 atom stereocenters.